The Labute approximate surface area is 140 Å². The minimum Gasteiger partial charge on any atom is -0.306 e. The molecule has 24 heavy (non-hydrogen) atoms. The van der Waals surface area contributed by atoms with Crippen molar-refractivity contribution in [3.8, 4) is 0 Å². The van der Waals surface area contributed by atoms with Crippen molar-refractivity contribution < 1.29 is 21.2 Å². The number of nitrogens with zero attached hydrogens (tertiary/aromatic N) is 1. The van der Waals surface area contributed by atoms with Crippen LogP contribution in [0, 0.1) is 5.82 Å². The second kappa shape index (κ2) is 5.48. The van der Waals surface area contributed by atoms with Crippen LogP contribution in [0.1, 0.15) is 5.56 Å². The maximum absolute atomic E-state index is 13.5. The van der Waals surface area contributed by atoms with Crippen LogP contribution in [0.3, 0.4) is 0 Å². The van der Waals surface area contributed by atoms with Crippen LogP contribution >= 0.6 is 0 Å². The van der Waals surface area contributed by atoms with Gasteiger partial charge in [-0.25, -0.2) is 21.2 Å². The van der Waals surface area contributed by atoms with Gasteiger partial charge in [-0.05, 0) is 17.7 Å². The number of hydrogen-bond donors (Lipinski definition) is 1. The molecular formula is C15H19FN2O4S2. The molecule has 4 atom stereocenters. The summed E-state index contributed by atoms with van der Waals surface area (Å²) in [5, 5.41) is 3.24. The molecule has 0 unspecified atom stereocenters. The van der Waals surface area contributed by atoms with Gasteiger partial charge in [0.05, 0.1) is 23.0 Å². The molecule has 3 heterocycles. The highest BCUT2D eigenvalue weighted by atomic mass is 32.2. The Morgan fingerprint density at radius 3 is 2.12 bits per heavy atom. The Bertz CT molecular complexity index is 823. The van der Waals surface area contributed by atoms with E-state index in [0.29, 0.717) is 6.54 Å². The summed E-state index contributed by atoms with van der Waals surface area (Å²) in [4.78, 5) is 1.97. The average molecular weight is 374 g/mol. The largest absolute Gasteiger partial charge is 0.306 e. The Morgan fingerprint density at radius 2 is 1.58 bits per heavy atom. The first kappa shape index (κ1) is 16.4. The minimum atomic E-state index is -3.15. The maximum atomic E-state index is 13.5. The lowest BCUT2D eigenvalue weighted by Crippen LogP contribution is -2.66. The van der Waals surface area contributed by atoms with Crippen molar-refractivity contribution >= 4 is 19.7 Å². The molecular weight excluding hydrogens is 355 g/mol. The maximum Gasteiger partial charge on any atom is 0.153 e. The van der Waals surface area contributed by atoms with Gasteiger partial charge in [-0.2, -0.15) is 0 Å². The van der Waals surface area contributed by atoms with Gasteiger partial charge in [0.2, 0.25) is 0 Å². The van der Waals surface area contributed by atoms with E-state index in [4.69, 9.17) is 0 Å². The van der Waals surface area contributed by atoms with Gasteiger partial charge >= 0.3 is 0 Å². The molecule has 0 spiro atoms. The van der Waals surface area contributed by atoms with E-state index in [1.807, 2.05) is 4.90 Å². The highest BCUT2D eigenvalue weighted by molar-refractivity contribution is 7.92. The van der Waals surface area contributed by atoms with Gasteiger partial charge in [0.1, 0.15) is 5.82 Å². The van der Waals surface area contributed by atoms with Gasteiger partial charge in [-0.3, -0.25) is 4.90 Å². The third kappa shape index (κ3) is 2.98. The molecule has 3 fully saturated rings. The second-order valence-electron chi connectivity index (χ2n) is 6.97. The summed E-state index contributed by atoms with van der Waals surface area (Å²) in [5.41, 5.74) is 0.725. The third-order valence-corrected chi connectivity index (χ3v) is 8.61. The van der Waals surface area contributed by atoms with Crippen molar-refractivity contribution in [2.24, 2.45) is 0 Å². The second-order valence-corrected chi connectivity index (χ2v) is 11.3. The summed E-state index contributed by atoms with van der Waals surface area (Å²) in [6.45, 7) is 0.354. The van der Waals surface area contributed by atoms with Crippen molar-refractivity contribution in [2.45, 2.75) is 30.7 Å². The molecule has 3 saturated heterocycles. The normalized spacial score (nSPS) is 37.0. The first-order valence-corrected chi connectivity index (χ1v) is 11.5. The third-order valence-electron chi connectivity index (χ3n) is 5.18. The van der Waals surface area contributed by atoms with Crippen molar-refractivity contribution in [3.63, 3.8) is 0 Å². The lowest BCUT2D eigenvalue weighted by molar-refractivity contribution is 0.0677. The number of fused-ring (bicyclic) bond motifs is 2. The van der Waals surface area contributed by atoms with Crippen LogP contribution in [0.2, 0.25) is 0 Å². The fraction of sp³-hybridized carbons (Fsp3) is 0.600. The van der Waals surface area contributed by atoms with E-state index in [2.05, 4.69) is 5.32 Å². The number of hydrogen-bond acceptors (Lipinski definition) is 6. The Hall–Kier alpha value is -1.03. The lowest BCUT2D eigenvalue weighted by atomic mass is 9.96. The van der Waals surface area contributed by atoms with Crippen LogP contribution in [-0.2, 0) is 26.2 Å². The van der Waals surface area contributed by atoms with Crippen LogP contribution in [0.5, 0.6) is 0 Å². The van der Waals surface area contributed by atoms with Gasteiger partial charge in [-0.15, -0.1) is 0 Å². The van der Waals surface area contributed by atoms with Gasteiger partial charge in [-0.1, -0.05) is 12.1 Å². The molecule has 0 radical (unpaired) electrons. The smallest absolute Gasteiger partial charge is 0.153 e. The number of piperazine rings is 1. The van der Waals surface area contributed by atoms with Gasteiger partial charge < -0.3 is 5.32 Å². The van der Waals surface area contributed by atoms with E-state index in [9.17, 15) is 21.2 Å². The summed E-state index contributed by atoms with van der Waals surface area (Å²) < 4.78 is 61.7. The molecule has 0 bridgehead atoms. The van der Waals surface area contributed by atoms with Crippen LogP contribution in [0.4, 0.5) is 4.39 Å². The van der Waals surface area contributed by atoms with Crippen LogP contribution in [-0.4, -0.2) is 68.9 Å². The molecule has 3 aliphatic heterocycles. The summed E-state index contributed by atoms with van der Waals surface area (Å²) in [5.74, 6) is -0.262. The Kier molecular flexibility index (Phi) is 3.76. The fourth-order valence-electron chi connectivity index (χ4n) is 4.23. The molecule has 9 heteroatoms. The van der Waals surface area contributed by atoms with Gasteiger partial charge in [0, 0.05) is 30.7 Å². The molecule has 1 aromatic rings. The van der Waals surface area contributed by atoms with E-state index in [-0.39, 0.29) is 53.0 Å². The Balaban J connectivity index is 1.69. The first-order chi connectivity index (χ1) is 11.2. The summed E-state index contributed by atoms with van der Waals surface area (Å²) >= 11 is 0. The van der Waals surface area contributed by atoms with Crippen molar-refractivity contribution in [2.75, 3.05) is 23.0 Å². The van der Waals surface area contributed by atoms with E-state index >= 15 is 0 Å². The van der Waals surface area contributed by atoms with E-state index < -0.39 is 19.7 Å². The molecule has 0 amide bonds. The zero-order valence-electron chi connectivity index (χ0n) is 12.9. The van der Waals surface area contributed by atoms with Gasteiger partial charge in [0.25, 0.3) is 0 Å². The van der Waals surface area contributed by atoms with Crippen LogP contribution in [0.25, 0.3) is 0 Å². The van der Waals surface area contributed by atoms with Gasteiger partial charge in [0.15, 0.2) is 19.7 Å². The standard InChI is InChI=1S/C15H19FN2O4S2/c16-11-3-1-2-10(4-11)5-18-14-8-23(19,20)6-12(14)17-13-7-24(21,22)9-15(13)18/h1-4,12-15,17H,5-9H2/t12-,13+,14+,15-. The number of sulfone groups is 2. The quantitative estimate of drug-likeness (QED) is 0.756. The molecule has 0 aromatic heterocycles. The van der Waals surface area contributed by atoms with Crippen LogP contribution < -0.4 is 5.32 Å². The topological polar surface area (TPSA) is 83.5 Å². The number of rotatable bonds is 2. The molecule has 3 aliphatic rings. The number of nitrogens with one attached hydrogen (secondary N) is 1. The molecule has 1 aromatic carbocycles. The number of benzene rings is 1. The highest BCUT2D eigenvalue weighted by Crippen LogP contribution is 2.32. The predicted octanol–water partition coefficient (Wildman–Crippen LogP) is -0.438. The van der Waals surface area contributed by atoms with Crippen molar-refractivity contribution in [1.82, 2.24) is 10.2 Å². The minimum absolute atomic E-state index is 0.0171. The molecule has 6 nitrogen and oxygen atoms in total. The molecule has 0 saturated carbocycles. The zero-order chi connectivity index (χ0) is 17.1. The Morgan fingerprint density at radius 1 is 1.00 bits per heavy atom. The lowest BCUT2D eigenvalue weighted by Gasteiger charge is -2.45. The summed E-state index contributed by atoms with van der Waals surface area (Å²) in [7, 11) is -6.30. The predicted molar refractivity (Wildman–Crippen MR) is 87.5 cm³/mol. The molecule has 0 aliphatic carbocycles. The van der Waals surface area contributed by atoms with Crippen molar-refractivity contribution in [1.29, 1.82) is 0 Å². The number of halogens is 1. The zero-order valence-corrected chi connectivity index (χ0v) is 14.6. The SMILES string of the molecule is O=S1(=O)C[C@@H]2N[C@@H]3CS(=O)(=O)C[C@@H]3N(Cc3cccc(F)c3)[C@@H]2C1. The summed E-state index contributed by atoms with van der Waals surface area (Å²) in [6, 6.07) is 5.09. The van der Waals surface area contributed by atoms with E-state index in [1.165, 1.54) is 12.1 Å². The fourth-order valence-corrected chi connectivity index (χ4v) is 8.12. The summed E-state index contributed by atoms with van der Waals surface area (Å²) in [6.07, 6.45) is 0. The monoisotopic (exact) mass is 374 g/mol. The molecule has 1 N–H and O–H groups in total. The highest BCUT2D eigenvalue weighted by Gasteiger charge is 2.53. The average Bonchev–Trinajstić information content (AvgIpc) is 2.92. The van der Waals surface area contributed by atoms with Crippen molar-refractivity contribution in [3.05, 3.63) is 35.6 Å². The van der Waals surface area contributed by atoms with Crippen LogP contribution in [0.15, 0.2) is 24.3 Å². The van der Waals surface area contributed by atoms with E-state index in [1.54, 1.807) is 12.1 Å². The van der Waals surface area contributed by atoms with E-state index in [0.717, 1.165) is 5.56 Å². The first-order valence-electron chi connectivity index (χ1n) is 7.89. The molecule has 132 valence electrons. The molecule has 4 rings (SSSR count).